The van der Waals surface area contributed by atoms with Crippen LogP contribution in [0, 0.1) is 0 Å². The van der Waals surface area contributed by atoms with E-state index in [9.17, 15) is 0 Å². The molecule has 0 radical (unpaired) electrons. The average Bonchev–Trinajstić information content (AvgIpc) is 1.91. The Kier molecular flexibility index (Phi) is 2.83. The Morgan fingerprint density at radius 2 is 1.89 bits per heavy atom. The molecule has 46 valence electrons. The Labute approximate surface area is 65.7 Å². The van der Waals surface area contributed by atoms with Crippen molar-refractivity contribution in [1.29, 1.82) is 0 Å². The van der Waals surface area contributed by atoms with Gasteiger partial charge >= 0.3 is 65.6 Å². The molecule has 0 saturated carbocycles. The Bertz CT molecular complexity index is 179. The van der Waals surface area contributed by atoms with Crippen molar-refractivity contribution in [2.45, 2.75) is 0 Å². The van der Waals surface area contributed by atoms with E-state index >= 15 is 0 Å². The molecule has 1 rings (SSSR count). The van der Waals surface area contributed by atoms with Crippen molar-refractivity contribution < 1.29 is 0 Å². The van der Waals surface area contributed by atoms with Gasteiger partial charge in [0.15, 0.2) is 0 Å². The SMILES string of the molecule is C=C[Te]c1ccccc1. The van der Waals surface area contributed by atoms with Crippen LogP contribution in [0.3, 0.4) is 0 Å². The first-order valence-corrected chi connectivity index (χ1v) is 5.27. The topological polar surface area (TPSA) is 0 Å². The molecular formula is C8H8Te. The fourth-order valence-corrected chi connectivity index (χ4v) is 2.04. The summed E-state index contributed by atoms with van der Waals surface area (Å²) >= 11 is -0.0661. The van der Waals surface area contributed by atoms with Gasteiger partial charge in [0, 0.05) is 0 Å². The molecule has 0 aliphatic rings. The summed E-state index contributed by atoms with van der Waals surface area (Å²) in [6.45, 7) is 3.71. The van der Waals surface area contributed by atoms with Gasteiger partial charge in [0.2, 0.25) is 0 Å². The molecule has 0 aromatic heterocycles. The first-order chi connectivity index (χ1) is 4.43. The molecule has 0 saturated heterocycles. The second-order valence-corrected chi connectivity index (χ2v) is 4.57. The van der Waals surface area contributed by atoms with Crippen LogP contribution in [0.1, 0.15) is 0 Å². The van der Waals surface area contributed by atoms with Gasteiger partial charge in [-0.25, -0.2) is 0 Å². The van der Waals surface area contributed by atoms with E-state index in [1.807, 2.05) is 10.2 Å². The van der Waals surface area contributed by atoms with E-state index in [-0.39, 0.29) is 20.9 Å². The normalized spacial score (nSPS) is 8.89. The summed E-state index contributed by atoms with van der Waals surface area (Å²) < 4.78 is 3.50. The molecular weight excluding hydrogens is 224 g/mol. The summed E-state index contributed by atoms with van der Waals surface area (Å²) in [5.74, 6) is 0. The molecule has 0 amide bonds. The van der Waals surface area contributed by atoms with Gasteiger partial charge in [0.25, 0.3) is 0 Å². The van der Waals surface area contributed by atoms with Gasteiger partial charge in [-0.05, 0) is 0 Å². The van der Waals surface area contributed by atoms with E-state index < -0.39 is 0 Å². The van der Waals surface area contributed by atoms with Crippen molar-refractivity contribution in [3.63, 3.8) is 0 Å². The van der Waals surface area contributed by atoms with Crippen LogP contribution in [0.25, 0.3) is 0 Å². The third kappa shape index (κ3) is 2.22. The summed E-state index contributed by atoms with van der Waals surface area (Å²) in [5, 5.41) is 0. The maximum atomic E-state index is 3.71. The Balaban J connectivity index is 2.72. The van der Waals surface area contributed by atoms with Crippen LogP contribution in [-0.4, -0.2) is 20.9 Å². The minimum atomic E-state index is -0.0661. The molecule has 1 aromatic carbocycles. The predicted octanol–water partition coefficient (Wildman–Crippen LogP) is 1.16. The van der Waals surface area contributed by atoms with Crippen LogP contribution in [0.5, 0.6) is 0 Å². The second-order valence-electron chi connectivity index (χ2n) is 1.60. The van der Waals surface area contributed by atoms with Gasteiger partial charge in [-0.3, -0.25) is 0 Å². The number of hydrogen-bond acceptors (Lipinski definition) is 0. The maximum absolute atomic E-state index is 3.71. The van der Waals surface area contributed by atoms with E-state index in [0.29, 0.717) is 0 Å². The van der Waals surface area contributed by atoms with Gasteiger partial charge < -0.3 is 0 Å². The van der Waals surface area contributed by atoms with E-state index in [1.165, 1.54) is 3.61 Å². The molecule has 0 heterocycles. The van der Waals surface area contributed by atoms with Crippen LogP contribution in [0.15, 0.2) is 41.0 Å². The Hall–Kier alpha value is -0.250. The number of hydrogen-bond donors (Lipinski definition) is 0. The third-order valence-electron chi connectivity index (χ3n) is 0.963. The van der Waals surface area contributed by atoms with Gasteiger partial charge in [-0.2, -0.15) is 0 Å². The molecule has 1 heteroatoms. The molecule has 0 fully saturated rings. The van der Waals surface area contributed by atoms with E-state index in [1.54, 1.807) is 0 Å². The zero-order chi connectivity index (χ0) is 6.53. The van der Waals surface area contributed by atoms with Gasteiger partial charge in [-0.1, -0.05) is 0 Å². The summed E-state index contributed by atoms with van der Waals surface area (Å²) in [5.41, 5.74) is 0. The molecule has 0 aliphatic carbocycles. The zero-order valence-corrected chi connectivity index (χ0v) is 7.41. The summed E-state index contributed by atoms with van der Waals surface area (Å²) in [6.07, 6.45) is 0. The van der Waals surface area contributed by atoms with Crippen molar-refractivity contribution >= 4 is 24.5 Å². The van der Waals surface area contributed by atoms with Crippen molar-refractivity contribution in [1.82, 2.24) is 0 Å². The molecule has 0 aliphatic heterocycles. The molecule has 9 heavy (non-hydrogen) atoms. The first-order valence-electron chi connectivity index (χ1n) is 2.76. The molecule has 0 spiro atoms. The van der Waals surface area contributed by atoms with E-state index in [2.05, 4.69) is 30.8 Å². The van der Waals surface area contributed by atoms with Crippen molar-refractivity contribution in [3.05, 3.63) is 41.0 Å². The van der Waals surface area contributed by atoms with Crippen LogP contribution in [0.2, 0.25) is 0 Å². The molecule has 0 atom stereocenters. The second kappa shape index (κ2) is 3.71. The zero-order valence-electron chi connectivity index (χ0n) is 5.08. The van der Waals surface area contributed by atoms with Crippen LogP contribution >= 0.6 is 0 Å². The molecule has 0 nitrogen and oxygen atoms in total. The molecule has 0 unspecified atom stereocenters. The first kappa shape index (κ1) is 6.86. The fraction of sp³-hybridized carbons (Fsp3) is 0. The standard InChI is InChI=1S/C8H8Te/c1-2-9-8-6-4-3-5-7-8/h2-7H,1H2. The van der Waals surface area contributed by atoms with Crippen molar-refractivity contribution in [2.75, 3.05) is 0 Å². The third-order valence-corrected chi connectivity index (χ3v) is 2.99. The van der Waals surface area contributed by atoms with Crippen LogP contribution in [-0.2, 0) is 0 Å². The minimum absolute atomic E-state index is 0.0661. The molecule has 0 N–H and O–H groups in total. The summed E-state index contributed by atoms with van der Waals surface area (Å²) in [7, 11) is 0. The van der Waals surface area contributed by atoms with E-state index in [0.717, 1.165) is 0 Å². The fourth-order valence-electron chi connectivity index (χ4n) is 0.595. The Morgan fingerprint density at radius 3 is 2.44 bits per heavy atom. The predicted molar refractivity (Wildman–Crippen MR) is 42.0 cm³/mol. The molecule has 1 aromatic rings. The van der Waals surface area contributed by atoms with Crippen molar-refractivity contribution in [2.24, 2.45) is 0 Å². The number of benzene rings is 1. The molecule has 0 bridgehead atoms. The van der Waals surface area contributed by atoms with Crippen LogP contribution in [0.4, 0.5) is 0 Å². The van der Waals surface area contributed by atoms with Gasteiger partial charge in [-0.15, -0.1) is 0 Å². The van der Waals surface area contributed by atoms with Crippen molar-refractivity contribution in [3.8, 4) is 0 Å². The average molecular weight is 232 g/mol. The van der Waals surface area contributed by atoms with E-state index in [4.69, 9.17) is 0 Å². The summed E-state index contributed by atoms with van der Waals surface area (Å²) in [4.78, 5) is 0. The number of rotatable bonds is 2. The Morgan fingerprint density at radius 1 is 1.22 bits per heavy atom. The quantitative estimate of drug-likeness (QED) is 0.671. The van der Waals surface area contributed by atoms with Gasteiger partial charge in [0.1, 0.15) is 0 Å². The van der Waals surface area contributed by atoms with Crippen LogP contribution < -0.4 is 3.61 Å². The monoisotopic (exact) mass is 234 g/mol. The van der Waals surface area contributed by atoms with Gasteiger partial charge in [0.05, 0.1) is 0 Å². The summed E-state index contributed by atoms with van der Waals surface area (Å²) in [6, 6.07) is 10.5.